The van der Waals surface area contributed by atoms with Gasteiger partial charge in [0.05, 0.1) is 12.5 Å². The van der Waals surface area contributed by atoms with Gasteiger partial charge in [0, 0.05) is 38.3 Å². The molecule has 0 bridgehead atoms. The average Bonchev–Trinajstić information content (AvgIpc) is 2.62. The van der Waals surface area contributed by atoms with Gasteiger partial charge in [-0.15, -0.1) is 0 Å². The zero-order chi connectivity index (χ0) is 20.3. The Bertz CT molecular complexity index is 974. The van der Waals surface area contributed by atoms with Crippen LogP contribution in [-0.4, -0.2) is 23.0 Å². The van der Waals surface area contributed by atoms with Gasteiger partial charge in [0.1, 0.15) is 6.04 Å². The fourth-order valence-corrected chi connectivity index (χ4v) is 3.74. The summed E-state index contributed by atoms with van der Waals surface area (Å²) >= 11 is 12.3. The van der Waals surface area contributed by atoms with Crippen molar-refractivity contribution in [2.45, 2.75) is 24.9 Å². The van der Waals surface area contributed by atoms with Crippen molar-refractivity contribution in [3.63, 3.8) is 0 Å². The molecule has 3 rings (SSSR count). The number of nitrogens with zero attached hydrogens (tertiary/aromatic N) is 3. The van der Waals surface area contributed by atoms with E-state index in [4.69, 9.17) is 28.7 Å². The van der Waals surface area contributed by atoms with Gasteiger partial charge in [-0.2, -0.15) is 0 Å². The fraction of sp³-hybridized carbons (Fsp3) is 0.222. The molecule has 0 aromatic heterocycles. The molecule has 0 saturated heterocycles. The van der Waals surface area contributed by atoms with E-state index < -0.39 is 18.1 Å². The number of rotatable bonds is 5. The Balaban J connectivity index is 1.79. The largest absolute Gasteiger partial charge is 0.480 e. The smallest absolute Gasteiger partial charge is 0.326 e. The van der Waals surface area contributed by atoms with Crippen LogP contribution in [-0.2, 0) is 16.0 Å². The summed E-state index contributed by atoms with van der Waals surface area (Å²) in [6.45, 7) is 0. The van der Waals surface area contributed by atoms with Crippen LogP contribution in [0.15, 0.2) is 41.5 Å². The Morgan fingerprint density at radius 3 is 2.64 bits per heavy atom. The van der Waals surface area contributed by atoms with E-state index in [0.29, 0.717) is 27.0 Å². The van der Waals surface area contributed by atoms with Crippen molar-refractivity contribution in [1.82, 2.24) is 5.32 Å². The molecule has 2 aromatic carbocycles. The summed E-state index contributed by atoms with van der Waals surface area (Å²) in [7, 11) is 0. The van der Waals surface area contributed by atoms with Crippen LogP contribution < -0.4 is 10.6 Å². The lowest BCUT2D eigenvalue weighted by Gasteiger charge is -2.32. The number of carbonyl (C=O) groups is 2. The van der Waals surface area contributed by atoms with E-state index in [1.54, 1.807) is 36.4 Å². The summed E-state index contributed by atoms with van der Waals surface area (Å²) < 4.78 is 0. The quantitative estimate of drug-likeness (QED) is 0.371. The Kier molecular flexibility index (Phi) is 5.94. The topological polar surface area (TPSA) is 127 Å². The monoisotopic (exact) mass is 419 g/mol. The number of carbonyl (C=O) groups excluding carboxylic acids is 1. The van der Waals surface area contributed by atoms with Crippen molar-refractivity contribution in [2.24, 2.45) is 5.11 Å². The van der Waals surface area contributed by atoms with Gasteiger partial charge in [-0.1, -0.05) is 52.6 Å². The van der Waals surface area contributed by atoms with Gasteiger partial charge in [-0.25, -0.2) is 4.79 Å². The van der Waals surface area contributed by atoms with Gasteiger partial charge >= 0.3 is 5.97 Å². The first-order valence-electron chi connectivity index (χ1n) is 8.29. The zero-order valence-electron chi connectivity index (χ0n) is 14.4. The Labute approximate surface area is 170 Å². The lowest BCUT2D eigenvalue weighted by molar-refractivity contribution is -0.138. The molecule has 10 heteroatoms. The molecule has 3 N–H and O–H groups in total. The minimum absolute atomic E-state index is 0.0821. The van der Waals surface area contributed by atoms with Crippen molar-refractivity contribution in [1.29, 1.82) is 0 Å². The van der Waals surface area contributed by atoms with Crippen LogP contribution in [0.1, 0.15) is 23.6 Å². The van der Waals surface area contributed by atoms with Crippen molar-refractivity contribution >= 4 is 46.5 Å². The number of benzene rings is 2. The Morgan fingerprint density at radius 2 is 2.00 bits per heavy atom. The maximum Gasteiger partial charge on any atom is 0.326 e. The molecule has 0 spiro atoms. The predicted molar refractivity (Wildman–Crippen MR) is 106 cm³/mol. The number of nitrogens with one attached hydrogen (secondary N) is 2. The van der Waals surface area contributed by atoms with Gasteiger partial charge < -0.3 is 15.7 Å². The van der Waals surface area contributed by atoms with Gasteiger partial charge in [0.2, 0.25) is 5.91 Å². The molecule has 0 saturated carbocycles. The molecular weight excluding hydrogens is 405 g/mol. The first-order chi connectivity index (χ1) is 13.4. The number of carboxylic acid groups (broad SMARTS) is 1. The number of aliphatic carboxylic acids is 1. The third-order valence-electron chi connectivity index (χ3n) is 4.34. The average molecular weight is 420 g/mol. The van der Waals surface area contributed by atoms with Crippen LogP contribution in [0.3, 0.4) is 0 Å². The molecule has 0 radical (unpaired) electrons. The van der Waals surface area contributed by atoms with Crippen LogP contribution >= 0.6 is 23.2 Å². The molecule has 28 heavy (non-hydrogen) atoms. The molecule has 144 valence electrons. The van der Waals surface area contributed by atoms with Gasteiger partial charge in [0.25, 0.3) is 0 Å². The number of anilines is 1. The number of halogens is 2. The lowest BCUT2D eigenvalue weighted by Crippen LogP contribution is -2.41. The first kappa shape index (κ1) is 19.8. The number of carboxylic acids is 1. The molecule has 0 unspecified atom stereocenters. The van der Waals surface area contributed by atoms with Crippen molar-refractivity contribution in [3.8, 4) is 0 Å². The molecule has 2 aromatic rings. The molecule has 2 atom stereocenters. The second kappa shape index (κ2) is 8.39. The van der Waals surface area contributed by atoms with Crippen LogP contribution in [0.2, 0.25) is 10.0 Å². The zero-order valence-corrected chi connectivity index (χ0v) is 15.9. The van der Waals surface area contributed by atoms with E-state index in [-0.39, 0.29) is 18.7 Å². The van der Waals surface area contributed by atoms with E-state index in [9.17, 15) is 14.7 Å². The summed E-state index contributed by atoms with van der Waals surface area (Å²) in [6.07, 6.45) is 0.226. The number of azide groups is 1. The predicted octanol–water partition coefficient (Wildman–Crippen LogP) is 4.60. The maximum absolute atomic E-state index is 12.5. The Morgan fingerprint density at radius 1 is 1.29 bits per heavy atom. The molecule has 1 heterocycles. The number of hydrogen-bond acceptors (Lipinski definition) is 4. The second-order valence-corrected chi connectivity index (χ2v) is 7.12. The van der Waals surface area contributed by atoms with Crippen molar-refractivity contribution in [2.75, 3.05) is 5.32 Å². The summed E-state index contributed by atoms with van der Waals surface area (Å²) in [6, 6.07) is 8.29. The molecule has 0 aliphatic carbocycles. The standard InChI is InChI=1S/C18H15Cl2N5O3/c19-10-6-12(20)17-13(7-10)22-15(18(27)28)8-14(17)23-16(26)5-9-1-3-11(4-2-9)24-25-21/h1-4,6-7,14-15,22H,5,8H2,(H,23,26)(H,27,28)/t14-,15+/m1/s1. The van der Waals surface area contributed by atoms with Gasteiger partial charge in [-0.05, 0) is 23.2 Å². The number of fused-ring (bicyclic) bond motifs is 1. The summed E-state index contributed by atoms with van der Waals surface area (Å²) in [5, 5.41) is 19.3. The second-order valence-electron chi connectivity index (χ2n) is 6.27. The minimum atomic E-state index is -1.03. The van der Waals surface area contributed by atoms with E-state index in [2.05, 4.69) is 20.7 Å². The normalized spacial score (nSPS) is 17.6. The van der Waals surface area contributed by atoms with Crippen LogP contribution in [0.25, 0.3) is 10.4 Å². The van der Waals surface area contributed by atoms with E-state index in [0.717, 1.165) is 5.56 Å². The maximum atomic E-state index is 12.5. The highest BCUT2D eigenvalue weighted by atomic mass is 35.5. The van der Waals surface area contributed by atoms with Crippen molar-refractivity contribution in [3.05, 3.63) is 68.0 Å². The number of hydrogen-bond donors (Lipinski definition) is 3. The minimum Gasteiger partial charge on any atom is -0.480 e. The molecule has 1 aliphatic heterocycles. The molecule has 0 fully saturated rings. The third-order valence-corrected chi connectivity index (χ3v) is 4.87. The van der Waals surface area contributed by atoms with E-state index in [1.807, 2.05) is 0 Å². The highest BCUT2D eigenvalue weighted by Crippen LogP contribution is 2.39. The molecule has 1 aliphatic rings. The molecule has 8 nitrogen and oxygen atoms in total. The number of amides is 1. The summed E-state index contributed by atoms with van der Waals surface area (Å²) in [5.41, 5.74) is 10.7. The van der Waals surface area contributed by atoms with E-state index >= 15 is 0 Å². The van der Waals surface area contributed by atoms with Crippen LogP contribution in [0, 0.1) is 0 Å². The molecule has 1 amide bonds. The molecular formula is C18H15Cl2N5O3. The Hall–Kier alpha value is -2.93. The first-order valence-corrected chi connectivity index (χ1v) is 9.04. The SMILES string of the molecule is [N-]=[N+]=Nc1ccc(CC(=O)N[C@@H]2C[C@@H](C(=O)O)Nc3cc(Cl)cc(Cl)c32)cc1. The highest BCUT2D eigenvalue weighted by molar-refractivity contribution is 6.35. The summed E-state index contributed by atoms with van der Waals surface area (Å²) in [5.74, 6) is -1.32. The highest BCUT2D eigenvalue weighted by Gasteiger charge is 2.33. The third kappa shape index (κ3) is 4.48. The van der Waals surface area contributed by atoms with Gasteiger partial charge in [0.15, 0.2) is 0 Å². The summed E-state index contributed by atoms with van der Waals surface area (Å²) in [4.78, 5) is 26.7. The fourth-order valence-electron chi connectivity index (χ4n) is 3.12. The van der Waals surface area contributed by atoms with Crippen molar-refractivity contribution < 1.29 is 14.7 Å². The lowest BCUT2D eigenvalue weighted by atomic mass is 9.92. The van der Waals surface area contributed by atoms with Gasteiger partial charge in [-0.3, -0.25) is 4.79 Å². The van der Waals surface area contributed by atoms with Crippen LogP contribution in [0.4, 0.5) is 11.4 Å². The van der Waals surface area contributed by atoms with Crippen LogP contribution in [0.5, 0.6) is 0 Å². The van der Waals surface area contributed by atoms with E-state index in [1.165, 1.54) is 0 Å².